The van der Waals surface area contributed by atoms with Gasteiger partial charge in [-0.25, -0.2) is 0 Å². The minimum absolute atomic E-state index is 0.171. The highest BCUT2D eigenvalue weighted by molar-refractivity contribution is 6.30. The van der Waals surface area contributed by atoms with Crippen molar-refractivity contribution in [3.8, 4) is 5.75 Å². The molecule has 1 aliphatic rings. The van der Waals surface area contributed by atoms with Gasteiger partial charge in [-0.3, -0.25) is 4.79 Å². The van der Waals surface area contributed by atoms with E-state index in [1.54, 1.807) is 24.3 Å². The van der Waals surface area contributed by atoms with Crippen molar-refractivity contribution in [3.63, 3.8) is 0 Å². The van der Waals surface area contributed by atoms with Crippen molar-refractivity contribution in [1.82, 2.24) is 0 Å². The lowest BCUT2D eigenvalue weighted by Gasteiger charge is -2.32. The monoisotopic (exact) mass is 403 g/mol. The maximum absolute atomic E-state index is 12.4. The van der Waals surface area contributed by atoms with Crippen LogP contribution in [0.2, 0.25) is 5.02 Å². The van der Waals surface area contributed by atoms with Crippen LogP contribution in [0.15, 0.2) is 78.9 Å². The van der Waals surface area contributed by atoms with Crippen molar-refractivity contribution in [3.05, 3.63) is 101 Å². The third-order valence-electron chi connectivity index (χ3n) is 5.09. The third kappa shape index (κ3) is 4.69. The molecule has 146 valence electrons. The Morgan fingerprint density at radius 3 is 2.55 bits per heavy atom. The van der Waals surface area contributed by atoms with E-state index >= 15 is 0 Å². The van der Waals surface area contributed by atoms with Crippen LogP contribution in [0.3, 0.4) is 0 Å². The van der Waals surface area contributed by atoms with E-state index in [1.807, 2.05) is 24.3 Å². The van der Waals surface area contributed by atoms with Gasteiger partial charge >= 0.3 is 0 Å². The molecule has 4 heteroatoms. The maximum atomic E-state index is 12.4. The van der Waals surface area contributed by atoms with Gasteiger partial charge in [-0.05, 0) is 73.9 Å². The summed E-state index contributed by atoms with van der Waals surface area (Å²) in [5.41, 5.74) is 3.20. The van der Waals surface area contributed by atoms with Crippen molar-refractivity contribution in [1.29, 1.82) is 0 Å². The summed E-state index contributed by atoms with van der Waals surface area (Å²) in [5.74, 6) is 0.655. The molecule has 0 bridgehead atoms. The number of rotatable bonds is 5. The number of amides is 1. The molecule has 29 heavy (non-hydrogen) atoms. The summed E-state index contributed by atoms with van der Waals surface area (Å²) >= 11 is 5.88. The highest BCUT2D eigenvalue weighted by Gasteiger charge is 2.27. The Hall–Kier alpha value is -3.04. The van der Waals surface area contributed by atoms with Crippen LogP contribution in [0.1, 0.15) is 34.8 Å². The average Bonchev–Trinajstić information content (AvgIpc) is 2.74. The summed E-state index contributed by atoms with van der Waals surface area (Å²) in [6.45, 7) is 2.10. The molecule has 0 radical (unpaired) electrons. The van der Waals surface area contributed by atoms with Crippen LogP contribution in [-0.2, 0) is 6.42 Å². The molecule has 1 aliphatic heterocycles. The highest BCUT2D eigenvalue weighted by Crippen LogP contribution is 2.35. The number of ether oxygens (including phenoxy) is 1. The largest absolute Gasteiger partial charge is 0.483 e. The lowest BCUT2D eigenvalue weighted by Crippen LogP contribution is -2.32. The summed E-state index contributed by atoms with van der Waals surface area (Å²) < 4.78 is 6.28. The minimum atomic E-state index is -0.350. The van der Waals surface area contributed by atoms with Gasteiger partial charge in [0.15, 0.2) is 0 Å². The Kier molecular flexibility index (Phi) is 5.41. The number of fused-ring (bicyclic) bond motifs is 1. The number of aryl methyl sites for hydroxylation is 1. The van der Waals surface area contributed by atoms with E-state index in [9.17, 15) is 4.79 Å². The van der Waals surface area contributed by atoms with Gasteiger partial charge in [0.05, 0.1) is 0 Å². The fourth-order valence-corrected chi connectivity index (χ4v) is 3.50. The first-order valence-electron chi connectivity index (χ1n) is 9.64. The second kappa shape index (κ2) is 8.14. The van der Waals surface area contributed by atoms with Gasteiger partial charge in [0.2, 0.25) is 0 Å². The first-order valence-corrected chi connectivity index (χ1v) is 10.0. The molecule has 0 saturated carbocycles. The van der Waals surface area contributed by atoms with Gasteiger partial charge in [0.25, 0.3) is 5.91 Å². The van der Waals surface area contributed by atoms with Crippen molar-refractivity contribution in [2.24, 2.45) is 0 Å². The predicted molar refractivity (Wildman–Crippen MR) is 119 cm³/mol. The number of halogens is 1. The van der Waals surface area contributed by atoms with E-state index in [4.69, 9.17) is 16.3 Å². The van der Waals surface area contributed by atoms with E-state index in [2.05, 4.69) is 48.7 Å². The third-order valence-corrected chi connectivity index (χ3v) is 5.34. The molecule has 1 amide bonds. The normalized spacial score (nSPS) is 17.3. The molecule has 0 aromatic heterocycles. The second-order valence-electron chi connectivity index (χ2n) is 7.45. The van der Waals surface area contributed by atoms with Gasteiger partial charge in [-0.2, -0.15) is 0 Å². The lowest BCUT2D eigenvalue weighted by atomic mass is 9.93. The standard InChI is InChI=1S/C25H22ClNO2/c1-25(15-13-18-5-3-2-4-6-18)16-14-20-17-22(11-12-23(20)29-25)27-24(28)19-7-9-21(26)10-8-19/h2-12,14,16-17H,13,15H2,1H3,(H,27,28). The second-order valence-corrected chi connectivity index (χ2v) is 7.88. The van der Waals surface area contributed by atoms with Crippen LogP contribution in [-0.4, -0.2) is 11.5 Å². The zero-order valence-corrected chi connectivity index (χ0v) is 16.9. The summed E-state index contributed by atoms with van der Waals surface area (Å²) in [7, 11) is 0. The van der Waals surface area contributed by atoms with Crippen LogP contribution >= 0.6 is 11.6 Å². The molecule has 1 heterocycles. The Morgan fingerprint density at radius 2 is 1.79 bits per heavy atom. The molecule has 0 aliphatic carbocycles. The molecule has 0 fully saturated rings. The number of hydrogen-bond acceptors (Lipinski definition) is 2. The molecular weight excluding hydrogens is 382 g/mol. The maximum Gasteiger partial charge on any atom is 0.255 e. The number of carbonyl (C=O) groups is 1. The van der Waals surface area contributed by atoms with E-state index in [-0.39, 0.29) is 11.5 Å². The fraction of sp³-hybridized carbons (Fsp3) is 0.160. The lowest BCUT2D eigenvalue weighted by molar-refractivity contribution is 0.102. The summed E-state index contributed by atoms with van der Waals surface area (Å²) in [6, 6.07) is 23.0. The molecule has 3 nitrogen and oxygen atoms in total. The number of carbonyl (C=O) groups excluding carboxylic acids is 1. The Balaban J connectivity index is 1.44. The summed E-state index contributed by atoms with van der Waals surface area (Å²) in [6.07, 6.45) is 6.01. The molecule has 4 rings (SSSR count). The molecule has 0 spiro atoms. The number of benzene rings is 3. The topological polar surface area (TPSA) is 38.3 Å². The van der Waals surface area contributed by atoms with Crippen molar-refractivity contribution in [2.45, 2.75) is 25.4 Å². The Bertz CT molecular complexity index is 1040. The average molecular weight is 404 g/mol. The number of nitrogens with one attached hydrogen (secondary N) is 1. The molecule has 1 unspecified atom stereocenters. The van der Waals surface area contributed by atoms with Crippen LogP contribution in [0.5, 0.6) is 5.75 Å². The van der Waals surface area contributed by atoms with Gasteiger partial charge < -0.3 is 10.1 Å². The number of hydrogen-bond donors (Lipinski definition) is 1. The van der Waals surface area contributed by atoms with Crippen LogP contribution in [0.25, 0.3) is 6.08 Å². The van der Waals surface area contributed by atoms with Crippen molar-refractivity contribution in [2.75, 3.05) is 5.32 Å². The quantitative estimate of drug-likeness (QED) is 0.536. The first kappa shape index (κ1) is 19.3. The molecule has 3 aromatic rings. The smallest absolute Gasteiger partial charge is 0.255 e. The molecule has 3 aromatic carbocycles. The van der Waals surface area contributed by atoms with E-state index in [0.717, 1.165) is 29.8 Å². The zero-order chi connectivity index (χ0) is 20.3. The Labute approximate surface area is 176 Å². The van der Waals surface area contributed by atoms with Gasteiger partial charge in [-0.15, -0.1) is 0 Å². The molecule has 0 saturated heterocycles. The molecular formula is C25H22ClNO2. The van der Waals surface area contributed by atoms with Crippen molar-refractivity contribution >= 4 is 29.3 Å². The van der Waals surface area contributed by atoms with Gasteiger partial charge in [-0.1, -0.05) is 48.0 Å². The van der Waals surface area contributed by atoms with Gasteiger partial charge in [0.1, 0.15) is 11.4 Å². The van der Waals surface area contributed by atoms with Crippen LogP contribution in [0, 0.1) is 0 Å². The summed E-state index contributed by atoms with van der Waals surface area (Å²) in [4.78, 5) is 12.4. The summed E-state index contributed by atoms with van der Waals surface area (Å²) in [5, 5.41) is 3.53. The molecule has 1 atom stereocenters. The van der Waals surface area contributed by atoms with E-state index in [1.165, 1.54) is 5.56 Å². The van der Waals surface area contributed by atoms with Crippen LogP contribution in [0.4, 0.5) is 5.69 Å². The Morgan fingerprint density at radius 1 is 1.03 bits per heavy atom. The first-order chi connectivity index (χ1) is 14.0. The molecule has 1 N–H and O–H groups in total. The van der Waals surface area contributed by atoms with E-state index < -0.39 is 0 Å². The SMILES string of the molecule is CC1(CCc2ccccc2)C=Cc2cc(NC(=O)c3ccc(Cl)cc3)ccc2O1. The highest BCUT2D eigenvalue weighted by atomic mass is 35.5. The van der Waals surface area contributed by atoms with Crippen LogP contribution < -0.4 is 10.1 Å². The van der Waals surface area contributed by atoms with Crippen molar-refractivity contribution < 1.29 is 9.53 Å². The van der Waals surface area contributed by atoms with Gasteiger partial charge in [0, 0.05) is 21.8 Å². The van der Waals surface area contributed by atoms with E-state index in [0.29, 0.717) is 10.6 Å². The fourth-order valence-electron chi connectivity index (χ4n) is 3.38. The zero-order valence-electron chi connectivity index (χ0n) is 16.2. The predicted octanol–water partition coefficient (Wildman–Crippen LogP) is 6.39. The minimum Gasteiger partial charge on any atom is -0.483 e. The number of anilines is 1.